The Morgan fingerprint density at radius 2 is 1.88 bits per heavy atom. The lowest BCUT2D eigenvalue weighted by atomic mass is 10.1. The summed E-state index contributed by atoms with van der Waals surface area (Å²) < 4.78 is 25.2. The summed E-state index contributed by atoms with van der Waals surface area (Å²) in [6.45, 7) is 3.93. The summed E-state index contributed by atoms with van der Waals surface area (Å²) in [4.78, 5) is 24.6. The summed E-state index contributed by atoms with van der Waals surface area (Å²) in [5, 5.41) is 2.80. The van der Waals surface area contributed by atoms with Crippen molar-refractivity contribution in [1.29, 1.82) is 0 Å². The molecule has 0 aromatic heterocycles. The van der Waals surface area contributed by atoms with Crippen molar-refractivity contribution in [3.8, 4) is 0 Å². The van der Waals surface area contributed by atoms with Gasteiger partial charge in [-0.2, -0.15) is 0 Å². The van der Waals surface area contributed by atoms with Gasteiger partial charge in [-0.15, -0.1) is 0 Å². The van der Waals surface area contributed by atoms with Crippen LogP contribution in [0.5, 0.6) is 0 Å². The maximum atomic E-state index is 12.4. The monoisotopic (exact) mass is 372 g/mol. The van der Waals surface area contributed by atoms with E-state index in [4.69, 9.17) is 0 Å². The number of carbonyl (C=O) groups excluding carboxylic acids is 2. The van der Waals surface area contributed by atoms with Crippen molar-refractivity contribution in [2.45, 2.75) is 20.4 Å². The number of anilines is 1. The van der Waals surface area contributed by atoms with E-state index >= 15 is 0 Å². The molecule has 0 saturated carbocycles. The number of hydrogen-bond acceptors (Lipinski definition) is 4. The second-order valence-corrected chi connectivity index (χ2v) is 8.36. The van der Waals surface area contributed by atoms with Gasteiger partial charge in [0.1, 0.15) is 0 Å². The number of sulfonamides is 1. The number of nitrogens with one attached hydrogen (secondary N) is 1. The molecular formula is C19H20N2O4S. The van der Waals surface area contributed by atoms with Crippen LogP contribution < -0.4 is 9.62 Å². The number of amides is 2. The third-order valence-electron chi connectivity index (χ3n) is 4.28. The fourth-order valence-electron chi connectivity index (χ4n) is 2.85. The topological polar surface area (TPSA) is 83.6 Å². The average Bonchev–Trinajstić information content (AvgIpc) is 2.81. The van der Waals surface area contributed by atoms with Gasteiger partial charge in [0.15, 0.2) is 0 Å². The van der Waals surface area contributed by atoms with Crippen LogP contribution in [-0.4, -0.2) is 26.0 Å². The number of aryl methyl sites for hydroxylation is 1. The summed E-state index contributed by atoms with van der Waals surface area (Å²) >= 11 is 0. The van der Waals surface area contributed by atoms with Crippen LogP contribution in [0, 0.1) is 12.8 Å². The summed E-state index contributed by atoms with van der Waals surface area (Å²) in [5.41, 5.74) is 2.60. The zero-order chi connectivity index (χ0) is 18.9. The van der Waals surface area contributed by atoms with E-state index in [1.807, 2.05) is 31.2 Å². The van der Waals surface area contributed by atoms with E-state index in [0.29, 0.717) is 12.1 Å². The van der Waals surface area contributed by atoms with E-state index in [1.165, 1.54) is 12.1 Å². The first-order valence-corrected chi connectivity index (χ1v) is 9.89. The molecule has 0 radical (unpaired) electrons. The Balaban J connectivity index is 1.77. The molecule has 1 N–H and O–H groups in total. The molecule has 7 heteroatoms. The van der Waals surface area contributed by atoms with Crippen LogP contribution in [-0.2, 0) is 21.4 Å². The molecule has 0 bridgehead atoms. The van der Waals surface area contributed by atoms with Crippen molar-refractivity contribution in [2.24, 2.45) is 5.92 Å². The molecule has 6 nitrogen and oxygen atoms in total. The molecule has 1 aliphatic heterocycles. The summed E-state index contributed by atoms with van der Waals surface area (Å²) in [6.07, 6.45) is 0. The lowest BCUT2D eigenvalue weighted by Gasteiger charge is -2.16. The molecular weight excluding hydrogens is 352 g/mol. The molecule has 26 heavy (non-hydrogen) atoms. The van der Waals surface area contributed by atoms with Gasteiger partial charge < -0.3 is 5.32 Å². The highest BCUT2D eigenvalue weighted by Gasteiger charge is 2.42. The second kappa shape index (κ2) is 6.92. The SMILES string of the molecule is Cc1ccc(CNC(=O)c2cccc(N3C(=O)C(C)CS3(=O)=O)c2)cc1. The van der Waals surface area contributed by atoms with Crippen molar-refractivity contribution in [3.05, 3.63) is 65.2 Å². The predicted octanol–water partition coefficient (Wildman–Crippen LogP) is 2.24. The zero-order valence-corrected chi connectivity index (χ0v) is 15.4. The van der Waals surface area contributed by atoms with Gasteiger partial charge in [0.25, 0.3) is 5.91 Å². The van der Waals surface area contributed by atoms with Crippen LogP contribution in [0.2, 0.25) is 0 Å². The minimum absolute atomic E-state index is 0.197. The van der Waals surface area contributed by atoms with E-state index < -0.39 is 21.8 Å². The molecule has 0 aliphatic carbocycles. The largest absolute Gasteiger partial charge is 0.348 e. The molecule has 1 aliphatic rings. The van der Waals surface area contributed by atoms with Crippen molar-refractivity contribution < 1.29 is 18.0 Å². The van der Waals surface area contributed by atoms with E-state index in [9.17, 15) is 18.0 Å². The number of rotatable bonds is 4. The standard InChI is InChI=1S/C19H20N2O4S/c1-13-6-8-15(9-7-13)11-20-18(22)16-4-3-5-17(10-16)21-19(23)14(2)12-26(21,24)25/h3-10,14H,11-12H2,1-2H3,(H,20,22). The van der Waals surface area contributed by atoms with Crippen LogP contribution in [0.25, 0.3) is 0 Å². The minimum atomic E-state index is -3.69. The Labute approximate surface area is 152 Å². The Morgan fingerprint density at radius 1 is 1.19 bits per heavy atom. The van der Waals surface area contributed by atoms with Crippen LogP contribution in [0.3, 0.4) is 0 Å². The van der Waals surface area contributed by atoms with E-state index in [1.54, 1.807) is 19.1 Å². The Morgan fingerprint density at radius 3 is 2.50 bits per heavy atom. The van der Waals surface area contributed by atoms with Crippen molar-refractivity contribution in [3.63, 3.8) is 0 Å². The Kier molecular flexibility index (Phi) is 4.82. The van der Waals surface area contributed by atoms with Gasteiger partial charge in [-0.3, -0.25) is 9.59 Å². The fourth-order valence-corrected chi connectivity index (χ4v) is 4.66. The zero-order valence-electron chi connectivity index (χ0n) is 14.6. The van der Waals surface area contributed by atoms with Gasteiger partial charge in [0.05, 0.1) is 17.4 Å². The van der Waals surface area contributed by atoms with Gasteiger partial charge in [0, 0.05) is 12.1 Å². The normalized spacial score (nSPS) is 18.8. The molecule has 1 saturated heterocycles. The van der Waals surface area contributed by atoms with Crippen molar-refractivity contribution >= 4 is 27.5 Å². The van der Waals surface area contributed by atoms with Gasteiger partial charge in [-0.25, -0.2) is 12.7 Å². The van der Waals surface area contributed by atoms with E-state index in [0.717, 1.165) is 15.4 Å². The van der Waals surface area contributed by atoms with Gasteiger partial charge in [-0.05, 0) is 30.7 Å². The molecule has 1 fully saturated rings. The highest BCUT2D eigenvalue weighted by atomic mass is 32.2. The predicted molar refractivity (Wildman–Crippen MR) is 99.2 cm³/mol. The first-order chi connectivity index (χ1) is 12.3. The fraction of sp³-hybridized carbons (Fsp3) is 0.263. The molecule has 2 amide bonds. The maximum absolute atomic E-state index is 12.4. The smallest absolute Gasteiger partial charge is 0.251 e. The highest BCUT2D eigenvalue weighted by molar-refractivity contribution is 7.94. The minimum Gasteiger partial charge on any atom is -0.348 e. The van der Waals surface area contributed by atoms with E-state index in [2.05, 4.69) is 5.32 Å². The van der Waals surface area contributed by atoms with Crippen LogP contribution in [0.15, 0.2) is 48.5 Å². The van der Waals surface area contributed by atoms with Gasteiger partial charge in [0.2, 0.25) is 15.9 Å². The Bertz CT molecular complexity index is 952. The molecule has 0 spiro atoms. The molecule has 1 heterocycles. The van der Waals surface area contributed by atoms with Crippen LogP contribution in [0.4, 0.5) is 5.69 Å². The third kappa shape index (κ3) is 3.62. The summed E-state index contributed by atoms with van der Waals surface area (Å²) in [7, 11) is -3.69. The lowest BCUT2D eigenvalue weighted by molar-refractivity contribution is -0.119. The molecule has 3 rings (SSSR count). The Hall–Kier alpha value is -2.67. The number of hydrogen-bond donors (Lipinski definition) is 1. The number of benzene rings is 2. The van der Waals surface area contributed by atoms with Crippen LogP contribution in [0.1, 0.15) is 28.4 Å². The molecule has 1 atom stereocenters. The number of carbonyl (C=O) groups is 2. The second-order valence-electron chi connectivity index (χ2n) is 6.50. The van der Waals surface area contributed by atoms with Crippen molar-refractivity contribution in [1.82, 2.24) is 5.32 Å². The average molecular weight is 372 g/mol. The van der Waals surface area contributed by atoms with E-state index in [-0.39, 0.29) is 17.3 Å². The molecule has 136 valence electrons. The quantitative estimate of drug-likeness (QED) is 0.892. The lowest BCUT2D eigenvalue weighted by Crippen LogP contribution is -2.30. The molecule has 2 aromatic rings. The first kappa shape index (κ1) is 18.1. The third-order valence-corrected chi connectivity index (χ3v) is 6.15. The number of nitrogens with zero attached hydrogens (tertiary/aromatic N) is 1. The van der Waals surface area contributed by atoms with Crippen molar-refractivity contribution in [2.75, 3.05) is 10.1 Å². The molecule has 2 aromatic carbocycles. The summed E-state index contributed by atoms with van der Waals surface area (Å²) in [6, 6.07) is 13.9. The summed E-state index contributed by atoms with van der Waals surface area (Å²) in [5.74, 6) is -1.60. The van der Waals surface area contributed by atoms with Crippen LogP contribution >= 0.6 is 0 Å². The van der Waals surface area contributed by atoms with Gasteiger partial charge >= 0.3 is 0 Å². The first-order valence-electron chi connectivity index (χ1n) is 8.28. The maximum Gasteiger partial charge on any atom is 0.251 e. The highest BCUT2D eigenvalue weighted by Crippen LogP contribution is 2.28. The van der Waals surface area contributed by atoms with Gasteiger partial charge in [-0.1, -0.05) is 42.8 Å². The molecule has 1 unspecified atom stereocenters.